The van der Waals surface area contributed by atoms with Crippen molar-refractivity contribution in [3.05, 3.63) is 110 Å². The molecular formula is C24H16ClN5O3. The summed E-state index contributed by atoms with van der Waals surface area (Å²) in [5.74, 6) is -0.143. The van der Waals surface area contributed by atoms with Gasteiger partial charge in [-0.3, -0.25) is 14.9 Å². The summed E-state index contributed by atoms with van der Waals surface area (Å²) in [6, 6.07) is 21.5. The number of ketones is 1. The molecule has 0 saturated carbocycles. The first-order valence-electron chi connectivity index (χ1n) is 9.79. The van der Waals surface area contributed by atoms with E-state index in [-0.39, 0.29) is 22.8 Å². The maximum atomic E-state index is 13.2. The van der Waals surface area contributed by atoms with E-state index in [0.717, 1.165) is 5.56 Å². The van der Waals surface area contributed by atoms with E-state index in [9.17, 15) is 20.2 Å². The number of aromatic nitrogens is 2. The Balaban J connectivity index is 1.84. The summed E-state index contributed by atoms with van der Waals surface area (Å²) in [6.07, 6.45) is 0. The Kier molecular flexibility index (Phi) is 5.89. The van der Waals surface area contributed by atoms with Crippen LogP contribution in [-0.4, -0.2) is 20.5 Å². The highest BCUT2D eigenvalue weighted by molar-refractivity contribution is 6.30. The molecule has 0 saturated heterocycles. The number of nitriles is 1. The number of nitrogens with zero attached hydrogens (tertiary/aromatic N) is 4. The van der Waals surface area contributed by atoms with E-state index >= 15 is 0 Å². The molecule has 1 N–H and O–H groups in total. The van der Waals surface area contributed by atoms with Gasteiger partial charge in [-0.05, 0) is 43.3 Å². The van der Waals surface area contributed by atoms with Crippen LogP contribution in [0.1, 0.15) is 27.2 Å². The second kappa shape index (κ2) is 8.94. The van der Waals surface area contributed by atoms with Gasteiger partial charge in [0, 0.05) is 28.4 Å². The highest BCUT2D eigenvalue weighted by atomic mass is 35.5. The quantitative estimate of drug-likeness (QED) is 0.229. The fourth-order valence-electron chi connectivity index (χ4n) is 3.21. The van der Waals surface area contributed by atoms with E-state index < -0.39 is 10.7 Å². The standard InChI is InChI=1S/C24H16ClN5O3/c1-15-2-4-16(5-3-15)23(31)22-21(14-26)24(27-18-8-12-20(13-9-18)30(32)33)29(28-22)19-10-6-17(25)7-11-19/h2-13,27H,1H3. The third-order valence-electron chi connectivity index (χ3n) is 4.94. The molecule has 0 spiro atoms. The number of carbonyl (C=O) groups is 1. The van der Waals surface area contributed by atoms with Crippen LogP contribution in [0, 0.1) is 28.4 Å². The fraction of sp³-hybridized carbons (Fsp3) is 0.0417. The first-order chi connectivity index (χ1) is 15.9. The molecule has 162 valence electrons. The second-order valence-electron chi connectivity index (χ2n) is 7.20. The lowest BCUT2D eigenvalue weighted by Gasteiger charge is -2.10. The zero-order valence-electron chi connectivity index (χ0n) is 17.3. The first-order valence-corrected chi connectivity index (χ1v) is 10.2. The van der Waals surface area contributed by atoms with Crippen molar-refractivity contribution >= 4 is 34.6 Å². The van der Waals surface area contributed by atoms with Crippen LogP contribution in [0.2, 0.25) is 5.02 Å². The Morgan fingerprint density at radius 3 is 2.27 bits per heavy atom. The lowest BCUT2D eigenvalue weighted by Crippen LogP contribution is -2.05. The molecule has 1 heterocycles. The maximum Gasteiger partial charge on any atom is 0.269 e. The molecule has 0 aliphatic rings. The van der Waals surface area contributed by atoms with Gasteiger partial charge < -0.3 is 5.32 Å². The van der Waals surface area contributed by atoms with Crippen molar-refractivity contribution in [3.63, 3.8) is 0 Å². The fourth-order valence-corrected chi connectivity index (χ4v) is 3.34. The molecule has 0 fully saturated rings. The van der Waals surface area contributed by atoms with Gasteiger partial charge in [0.25, 0.3) is 5.69 Å². The van der Waals surface area contributed by atoms with Crippen LogP contribution in [0.5, 0.6) is 0 Å². The average Bonchev–Trinajstić information content (AvgIpc) is 3.18. The number of nitro benzene ring substituents is 1. The predicted molar refractivity (Wildman–Crippen MR) is 124 cm³/mol. The minimum atomic E-state index is -0.499. The van der Waals surface area contributed by atoms with Crippen molar-refractivity contribution in [1.82, 2.24) is 9.78 Å². The molecule has 3 aromatic carbocycles. The topological polar surface area (TPSA) is 114 Å². The average molecular weight is 458 g/mol. The summed E-state index contributed by atoms with van der Waals surface area (Å²) in [6.45, 7) is 1.91. The number of nitrogens with one attached hydrogen (secondary N) is 1. The lowest BCUT2D eigenvalue weighted by molar-refractivity contribution is -0.384. The zero-order valence-corrected chi connectivity index (χ0v) is 18.1. The van der Waals surface area contributed by atoms with Gasteiger partial charge in [0.1, 0.15) is 11.6 Å². The highest BCUT2D eigenvalue weighted by Gasteiger charge is 2.25. The molecular weight excluding hydrogens is 442 g/mol. The third-order valence-corrected chi connectivity index (χ3v) is 5.19. The predicted octanol–water partition coefficient (Wildman–Crippen LogP) is 5.59. The van der Waals surface area contributed by atoms with E-state index in [1.807, 2.05) is 19.1 Å². The number of hydrogen-bond donors (Lipinski definition) is 1. The smallest absolute Gasteiger partial charge is 0.269 e. The number of anilines is 2. The number of aryl methyl sites for hydroxylation is 1. The monoisotopic (exact) mass is 457 g/mol. The second-order valence-corrected chi connectivity index (χ2v) is 7.63. The first kappa shape index (κ1) is 21.7. The largest absolute Gasteiger partial charge is 0.339 e. The van der Waals surface area contributed by atoms with E-state index in [1.165, 1.54) is 28.9 Å². The molecule has 8 nitrogen and oxygen atoms in total. The van der Waals surface area contributed by atoms with E-state index in [1.54, 1.807) is 36.4 Å². The van der Waals surface area contributed by atoms with E-state index in [0.29, 0.717) is 22.0 Å². The summed E-state index contributed by atoms with van der Waals surface area (Å²) in [7, 11) is 0. The minimum absolute atomic E-state index is 0.0132. The van der Waals surface area contributed by atoms with Gasteiger partial charge in [0.2, 0.25) is 5.78 Å². The number of nitro groups is 1. The van der Waals surface area contributed by atoms with E-state index in [2.05, 4.69) is 16.5 Å². The van der Waals surface area contributed by atoms with Crippen molar-refractivity contribution in [3.8, 4) is 11.8 Å². The molecule has 0 radical (unpaired) electrons. The molecule has 0 aliphatic carbocycles. The Morgan fingerprint density at radius 2 is 1.70 bits per heavy atom. The lowest BCUT2D eigenvalue weighted by atomic mass is 10.0. The van der Waals surface area contributed by atoms with Crippen molar-refractivity contribution in [2.45, 2.75) is 6.92 Å². The number of carbonyl (C=O) groups excluding carboxylic acids is 1. The Labute approximate surface area is 193 Å². The van der Waals surface area contributed by atoms with Crippen LogP contribution in [0.4, 0.5) is 17.2 Å². The molecule has 9 heteroatoms. The summed E-state index contributed by atoms with van der Waals surface area (Å²) < 4.78 is 1.44. The Bertz CT molecular complexity index is 1390. The summed E-state index contributed by atoms with van der Waals surface area (Å²) in [5, 5.41) is 28.9. The Hall–Kier alpha value is -4.48. The van der Waals surface area contributed by atoms with Crippen molar-refractivity contribution in [2.75, 3.05) is 5.32 Å². The maximum absolute atomic E-state index is 13.2. The van der Waals surface area contributed by atoms with Gasteiger partial charge in [0.15, 0.2) is 11.5 Å². The number of hydrogen-bond acceptors (Lipinski definition) is 6. The molecule has 0 bridgehead atoms. The summed E-state index contributed by atoms with van der Waals surface area (Å²) in [5.41, 5.74) is 2.43. The van der Waals surface area contributed by atoms with Crippen LogP contribution in [0.3, 0.4) is 0 Å². The highest BCUT2D eigenvalue weighted by Crippen LogP contribution is 2.29. The molecule has 0 atom stereocenters. The van der Waals surface area contributed by atoms with Gasteiger partial charge in [-0.25, -0.2) is 4.68 Å². The van der Waals surface area contributed by atoms with Crippen LogP contribution in [0.25, 0.3) is 5.69 Å². The van der Waals surface area contributed by atoms with Gasteiger partial charge >= 0.3 is 0 Å². The Morgan fingerprint density at radius 1 is 1.06 bits per heavy atom. The minimum Gasteiger partial charge on any atom is -0.339 e. The van der Waals surface area contributed by atoms with Gasteiger partial charge in [-0.2, -0.15) is 10.4 Å². The van der Waals surface area contributed by atoms with Crippen LogP contribution in [0.15, 0.2) is 72.8 Å². The molecule has 0 aliphatic heterocycles. The van der Waals surface area contributed by atoms with Gasteiger partial charge in [0.05, 0.1) is 10.6 Å². The van der Waals surface area contributed by atoms with Crippen LogP contribution < -0.4 is 5.32 Å². The van der Waals surface area contributed by atoms with Gasteiger partial charge in [-0.15, -0.1) is 0 Å². The molecule has 4 rings (SSSR count). The normalized spacial score (nSPS) is 10.5. The van der Waals surface area contributed by atoms with E-state index in [4.69, 9.17) is 11.6 Å². The molecule has 0 amide bonds. The van der Waals surface area contributed by atoms with Crippen molar-refractivity contribution < 1.29 is 9.72 Å². The number of halogens is 1. The summed E-state index contributed by atoms with van der Waals surface area (Å²) in [4.78, 5) is 23.7. The molecule has 1 aromatic heterocycles. The number of rotatable bonds is 6. The van der Waals surface area contributed by atoms with Gasteiger partial charge in [-0.1, -0.05) is 41.4 Å². The van der Waals surface area contributed by atoms with Crippen LogP contribution >= 0.6 is 11.6 Å². The summed E-state index contributed by atoms with van der Waals surface area (Å²) >= 11 is 6.01. The van der Waals surface area contributed by atoms with Crippen molar-refractivity contribution in [1.29, 1.82) is 5.26 Å². The SMILES string of the molecule is Cc1ccc(C(=O)c2nn(-c3ccc(Cl)cc3)c(Nc3ccc([N+](=O)[O-])cc3)c2C#N)cc1. The van der Waals surface area contributed by atoms with Crippen LogP contribution in [-0.2, 0) is 0 Å². The number of non-ortho nitro benzene ring substituents is 1. The number of benzene rings is 3. The zero-order chi connectivity index (χ0) is 23.5. The molecule has 33 heavy (non-hydrogen) atoms. The molecule has 0 unspecified atom stereocenters. The molecule has 4 aromatic rings. The van der Waals surface area contributed by atoms with Crippen molar-refractivity contribution in [2.24, 2.45) is 0 Å². The third kappa shape index (κ3) is 4.44.